The molecule has 1 aromatic rings. The van der Waals surface area contributed by atoms with Crippen molar-refractivity contribution in [3.8, 4) is 11.5 Å². The van der Waals surface area contributed by atoms with Gasteiger partial charge in [-0.05, 0) is 18.2 Å². The minimum Gasteiger partial charge on any atom is -0.490 e. The fourth-order valence-corrected chi connectivity index (χ4v) is 2.80. The highest BCUT2D eigenvalue weighted by Gasteiger charge is 2.38. The minimum absolute atomic E-state index is 0.0976. The zero-order chi connectivity index (χ0) is 14.6. The molecule has 112 valence electrons. The average Bonchev–Trinajstić information content (AvgIpc) is 2.62. The van der Waals surface area contributed by atoms with Crippen LogP contribution >= 0.6 is 11.8 Å². The van der Waals surface area contributed by atoms with Crippen LogP contribution in [0.1, 0.15) is 6.42 Å². The van der Waals surface area contributed by atoms with E-state index in [0.717, 1.165) is 23.1 Å². The molecule has 0 radical (unpaired) electrons. The molecule has 0 aliphatic carbocycles. The predicted octanol–water partition coefficient (Wildman–Crippen LogP) is 3.08. The van der Waals surface area contributed by atoms with Gasteiger partial charge in [-0.15, -0.1) is 11.8 Å². The van der Waals surface area contributed by atoms with Gasteiger partial charge < -0.3 is 15.2 Å². The van der Waals surface area contributed by atoms with Gasteiger partial charge in [0.05, 0.1) is 19.1 Å². The van der Waals surface area contributed by atoms with Gasteiger partial charge in [0, 0.05) is 23.6 Å². The molecule has 0 aromatic heterocycles. The molecule has 20 heavy (non-hydrogen) atoms. The molecule has 1 atom stereocenters. The molecule has 0 saturated heterocycles. The summed E-state index contributed by atoms with van der Waals surface area (Å²) in [5, 5.41) is 0. The van der Waals surface area contributed by atoms with Crippen molar-refractivity contribution >= 4 is 11.8 Å². The van der Waals surface area contributed by atoms with E-state index in [4.69, 9.17) is 15.2 Å². The van der Waals surface area contributed by atoms with E-state index in [1.54, 1.807) is 18.2 Å². The van der Waals surface area contributed by atoms with Gasteiger partial charge in [0.25, 0.3) is 0 Å². The van der Waals surface area contributed by atoms with Crippen LogP contribution in [0.4, 0.5) is 13.2 Å². The Balaban J connectivity index is 2.01. The number of thioether (sulfide) groups is 1. The number of hydrogen-bond donors (Lipinski definition) is 1. The van der Waals surface area contributed by atoms with E-state index in [0.29, 0.717) is 24.7 Å². The largest absolute Gasteiger partial charge is 0.490 e. The number of halogens is 3. The van der Waals surface area contributed by atoms with Gasteiger partial charge in [0.2, 0.25) is 0 Å². The second kappa shape index (κ2) is 6.58. The summed E-state index contributed by atoms with van der Waals surface area (Å²) in [5.74, 6) is -0.370. The molecule has 0 saturated carbocycles. The maximum atomic E-state index is 12.6. The van der Waals surface area contributed by atoms with Crippen LogP contribution in [0.3, 0.4) is 0 Å². The van der Waals surface area contributed by atoms with E-state index >= 15 is 0 Å². The van der Waals surface area contributed by atoms with E-state index in [1.807, 2.05) is 0 Å². The first-order valence-corrected chi connectivity index (χ1v) is 7.28. The van der Waals surface area contributed by atoms with Crippen molar-refractivity contribution in [3.05, 3.63) is 18.2 Å². The van der Waals surface area contributed by atoms with Gasteiger partial charge >= 0.3 is 6.18 Å². The van der Waals surface area contributed by atoms with Crippen LogP contribution in [0.5, 0.6) is 11.5 Å². The lowest BCUT2D eigenvalue weighted by Gasteiger charge is -2.18. The number of fused-ring (bicyclic) bond motifs is 1. The lowest BCUT2D eigenvalue weighted by Crippen LogP contribution is -2.32. The molecule has 0 amide bonds. The number of nitrogens with two attached hydrogens (primary N) is 1. The summed E-state index contributed by atoms with van der Waals surface area (Å²) in [6.07, 6.45) is -3.46. The Hall–Kier alpha value is -1.08. The summed E-state index contributed by atoms with van der Waals surface area (Å²) in [6, 6.07) is 5.19. The Morgan fingerprint density at radius 1 is 1.20 bits per heavy atom. The molecule has 3 nitrogen and oxygen atoms in total. The lowest BCUT2D eigenvalue weighted by molar-refractivity contribution is -0.165. The van der Waals surface area contributed by atoms with Crippen LogP contribution < -0.4 is 15.2 Å². The maximum Gasteiger partial charge on any atom is 0.393 e. The SMILES string of the molecule is NCC(CSc1ccc2c(c1)OCCCO2)C(F)(F)F. The first kappa shape index (κ1) is 15.3. The zero-order valence-corrected chi connectivity index (χ0v) is 11.6. The minimum atomic E-state index is -4.26. The summed E-state index contributed by atoms with van der Waals surface area (Å²) in [5.41, 5.74) is 5.18. The van der Waals surface area contributed by atoms with E-state index in [-0.39, 0.29) is 5.75 Å². The standard InChI is InChI=1S/C13H16F3NO2S/c14-13(15,16)9(7-17)8-20-10-2-3-11-12(6-10)19-5-1-4-18-11/h2-3,6,9H,1,4-5,7-8,17H2. The van der Waals surface area contributed by atoms with Gasteiger partial charge in [0.1, 0.15) is 0 Å². The fourth-order valence-electron chi connectivity index (χ4n) is 1.73. The van der Waals surface area contributed by atoms with Crippen LogP contribution in [0, 0.1) is 5.92 Å². The van der Waals surface area contributed by atoms with Gasteiger partial charge in [-0.3, -0.25) is 0 Å². The third-order valence-electron chi connectivity index (χ3n) is 2.92. The number of alkyl halides is 3. The molecule has 0 fully saturated rings. The zero-order valence-electron chi connectivity index (χ0n) is 10.8. The average molecular weight is 307 g/mol. The van der Waals surface area contributed by atoms with Gasteiger partial charge in [-0.25, -0.2) is 0 Å². The molecular formula is C13H16F3NO2S. The van der Waals surface area contributed by atoms with Crippen molar-refractivity contribution in [1.29, 1.82) is 0 Å². The predicted molar refractivity (Wildman–Crippen MR) is 71.4 cm³/mol. The number of hydrogen-bond acceptors (Lipinski definition) is 4. The summed E-state index contributed by atoms with van der Waals surface area (Å²) in [7, 11) is 0. The highest BCUT2D eigenvalue weighted by molar-refractivity contribution is 7.99. The van der Waals surface area contributed by atoms with Crippen molar-refractivity contribution < 1.29 is 22.6 Å². The Kier molecular flexibility index (Phi) is 5.04. The van der Waals surface area contributed by atoms with Crippen molar-refractivity contribution in [3.63, 3.8) is 0 Å². The summed E-state index contributed by atoms with van der Waals surface area (Å²) >= 11 is 1.12. The molecule has 2 rings (SSSR count). The van der Waals surface area contributed by atoms with Crippen LogP contribution in [0.25, 0.3) is 0 Å². The summed E-state index contributed by atoms with van der Waals surface area (Å²) in [4.78, 5) is 0.719. The van der Waals surface area contributed by atoms with E-state index in [2.05, 4.69) is 0 Å². The van der Waals surface area contributed by atoms with Crippen molar-refractivity contribution in [2.45, 2.75) is 17.5 Å². The number of rotatable bonds is 4. The first-order valence-electron chi connectivity index (χ1n) is 6.30. The highest BCUT2D eigenvalue weighted by atomic mass is 32.2. The second-order valence-corrected chi connectivity index (χ2v) is 5.54. The Morgan fingerprint density at radius 2 is 1.90 bits per heavy atom. The molecule has 7 heteroatoms. The third kappa shape index (κ3) is 3.96. The second-order valence-electron chi connectivity index (χ2n) is 4.44. The number of ether oxygens (including phenoxy) is 2. The van der Waals surface area contributed by atoms with Gasteiger partial charge in [0.15, 0.2) is 11.5 Å². The first-order chi connectivity index (χ1) is 9.50. The Bertz CT molecular complexity index is 454. The lowest BCUT2D eigenvalue weighted by atomic mass is 10.2. The van der Waals surface area contributed by atoms with Crippen LogP contribution in [0.2, 0.25) is 0 Å². The smallest absolute Gasteiger partial charge is 0.393 e. The number of benzene rings is 1. The molecule has 1 aromatic carbocycles. The maximum absolute atomic E-state index is 12.6. The van der Waals surface area contributed by atoms with Crippen LogP contribution in [0.15, 0.2) is 23.1 Å². The van der Waals surface area contributed by atoms with Gasteiger partial charge in [-0.1, -0.05) is 0 Å². The molecule has 0 spiro atoms. The summed E-state index contributed by atoms with van der Waals surface area (Å²) < 4.78 is 48.8. The highest BCUT2D eigenvalue weighted by Crippen LogP contribution is 2.36. The van der Waals surface area contributed by atoms with E-state index in [9.17, 15) is 13.2 Å². The summed E-state index contributed by atoms with van der Waals surface area (Å²) in [6.45, 7) is 0.735. The molecule has 0 bridgehead atoms. The normalized spacial score (nSPS) is 16.6. The van der Waals surface area contributed by atoms with Crippen LogP contribution in [-0.4, -0.2) is 31.7 Å². The van der Waals surface area contributed by atoms with E-state index in [1.165, 1.54) is 0 Å². The van der Waals surface area contributed by atoms with Crippen LogP contribution in [-0.2, 0) is 0 Å². The monoisotopic (exact) mass is 307 g/mol. The van der Waals surface area contributed by atoms with Crippen molar-refractivity contribution in [2.24, 2.45) is 11.7 Å². The quantitative estimate of drug-likeness (QED) is 0.868. The molecule has 2 N–H and O–H groups in total. The fraction of sp³-hybridized carbons (Fsp3) is 0.538. The molecule has 1 aliphatic heterocycles. The Morgan fingerprint density at radius 3 is 2.55 bits per heavy atom. The molecular weight excluding hydrogens is 291 g/mol. The topological polar surface area (TPSA) is 44.5 Å². The molecule has 1 aliphatic rings. The van der Waals surface area contributed by atoms with E-state index < -0.39 is 18.6 Å². The molecule has 1 heterocycles. The van der Waals surface area contributed by atoms with Gasteiger partial charge in [-0.2, -0.15) is 13.2 Å². The van der Waals surface area contributed by atoms with Crippen molar-refractivity contribution in [1.82, 2.24) is 0 Å². The third-order valence-corrected chi connectivity index (χ3v) is 4.07. The Labute approximate surface area is 119 Å². The molecule has 1 unspecified atom stereocenters. The van der Waals surface area contributed by atoms with Crippen molar-refractivity contribution in [2.75, 3.05) is 25.5 Å².